The maximum absolute atomic E-state index is 10.9. The Kier molecular flexibility index (Phi) is 1.56. The Labute approximate surface area is 55.2 Å². The summed E-state index contributed by atoms with van der Waals surface area (Å²) in [7, 11) is 0. The average molecular weight is 125 g/mol. The van der Waals surface area contributed by atoms with Gasteiger partial charge in [-0.3, -0.25) is 4.79 Å². The molecule has 2 heteroatoms. The minimum atomic E-state index is 0.231. The quantitative estimate of drug-likeness (QED) is 0.514. The zero-order valence-electron chi connectivity index (χ0n) is 5.85. The lowest BCUT2D eigenvalue weighted by molar-refractivity contribution is -0.126. The molecule has 0 N–H and O–H groups in total. The van der Waals surface area contributed by atoms with Crippen molar-refractivity contribution in [1.29, 1.82) is 0 Å². The van der Waals surface area contributed by atoms with Crippen LogP contribution in [0.5, 0.6) is 0 Å². The van der Waals surface area contributed by atoms with Gasteiger partial charge < -0.3 is 4.90 Å². The summed E-state index contributed by atoms with van der Waals surface area (Å²) in [6.07, 6.45) is 2.56. The summed E-state index contributed by atoms with van der Waals surface area (Å²) in [5.41, 5.74) is 1.10. The van der Waals surface area contributed by atoms with Crippen LogP contribution in [0.3, 0.4) is 0 Å². The fourth-order valence-corrected chi connectivity index (χ4v) is 1.08. The second kappa shape index (κ2) is 2.21. The van der Waals surface area contributed by atoms with E-state index in [1.165, 1.54) is 0 Å². The van der Waals surface area contributed by atoms with Gasteiger partial charge in [-0.15, -0.1) is 0 Å². The zero-order valence-corrected chi connectivity index (χ0v) is 5.85. The molecule has 0 aromatic rings. The van der Waals surface area contributed by atoms with E-state index in [4.69, 9.17) is 0 Å². The van der Waals surface area contributed by atoms with Crippen LogP contribution in [0, 0.1) is 0 Å². The third kappa shape index (κ3) is 0.969. The van der Waals surface area contributed by atoms with Crippen LogP contribution in [0.1, 0.15) is 20.3 Å². The Morgan fingerprint density at radius 1 is 1.78 bits per heavy atom. The summed E-state index contributed by atoms with van der Waals surface area (Å²) in [4.78, 5) is 12.7. The van der Waals surface area contributed by atoms with Gasteiger partial charge in [-0.1, -0.05) is 6.08 Å². The second-order valence-electron chi connectivity index (χ2n) is 2.19. The van der Waals surface area contributed by atoms with Gasteiger partial charge >= 0.3 is 0 Å². The summed E-state index contributed by atoms with van der Waals surface area (Å²) in [5.74, 6) is 0.231. The SMILES string of the molecule is CCN1C(=O)CC=C1C. The van der Waals surface area contributed by atoms with E-state index in [2.05, 4.69) is 0 Å². The molecule has 0 fully saturated rings. The Balaban J connectivity index is 2.67. The number of carbonyl (C=O) groups is 1. The number of nitrogens with zero attached hydrogens (tertiary/aromatic N) is 1. The molecular formula is C7H11NO. The standard InChI is InChI=1S/C7H11NO/c1-3-8-6(2)4-5-7(8)9/h4H,3,5H2,1-2H3. The van der Waals surface area contributed by atoms with Crippen LogP contribution in [0.15, 0.2) is 11.8 Å². The lowest BCUT2D eigenvalue weighted by atomic mass is 10.4. The van der Waals surface area contributed by atoms with Crippen LogP contribution < -0.4 is 0 Å². The van der Waals surface area contributed by atoms with Crippen molar-refractivity contribution < 1.29 is 4.79 Å². The van der Waals surface area contributed by atoms with Gasteiger partial charge in [0.15, 0.2) is 0 Å². The van der Waals surface area contributed by atoms with E-state index < -0.39 is 0 Å². The first-order valence-electron chi connectivity index (χ1n) is 3.23. The molecule has 1 heterocycles. The van der Waals surface area contributed by atoms with Gasteiger partial charge in [0, 0.05) is 18.7 Å². The van der Waals surface area contributed by atoms with Crippen molar-refractivity contribution in [3.63, 3.8) is 0 Å². The van der Waals surface area contributed by atoms with E-state index in [9.17, 15) is 4.79 Å². The molecule has 0 aromatic carbocycles. The Bertz CT molecular complexity index is 160. The maximum Gasteiger partial charge on any atom is 0.230 e. The first kappa shape index (κ1) is 6.33. The number of amides is 1. The molecule has 1 amide bonds. The van der Waals surface area contributed by atoms with Crippen molar-refractivity contribution in [3.8, 4) is 0 Å². The van der Waals surface area contributed by atoms with Gasteiger partial charge in [-0.25, -0.2) is 0 Å². The number of allylic oxidation sites excluding steroid dienone is 1. The van der Waals surface area contributed by atoms with E-state index in [1.807, 2.05) is 19.9 Å². The fraction of sp³-hybridized carbons (Fsp3) is 0.571. The number of rotatable bonds is 1. The summed E-state index contributed by atoms with van der Waals surface area (Å²) in [6.45, 7) is 4.76. The largest absolute Gasteiger partial charge is 0.317 e. The number of carbonyl (C=O) groups excluding carboxylic acids is 1. The van der Waals surface area contributed by atoms with Crippen LogP contribution in [-0.2, 0) is 4.79 Å². The Morgan fingerprint density at radius 2 is 2.44 bits per heavy atom. The summed E-state index contributed by atoms with van der Waals surface area (Å²) in [6, 6.07) is 0. The minimum absolute atomic E-state index is 0.231. The Hall–Kier alpha value is -0.790. The highest BCUT2D eigenvalue weighted by Crippen LogP contribution is 2.13. The minimum Gasteiger partial charge on any atom is -0.317 e. The fourth-order valence-electron chi connectivity index (χ4n) is 1.08. The van der Waals surface area contributed by atoms with Crippen LogP contribution in [0.2, 0.25) is 0 Å². The van der Waals surface area contributed by atoms with E-state index in [-0.39, 0.29) is 5.91 Å². The van der Waals surface area contributed by atoms with Crippen molar-refractivity contribution in [2.75, 3.05) is 6.54 Å². The predicted octanol–water partition coefficient (Wildman–Crippen LogP) is 1.14. The lowest BCUT2D eigenvalue weighted by Gasteiger charge is -2.13. The molecule has 50 valence electrons. The molecule has 0 radical (unpaired) electrons. The van der Waals surface area contributed by atoms with Crippen molar-refractivity contribution in [2.24, 2.45) is 0 Å². The molecule has 0 saturated carbocycles. The smallest absolute Gasteiger partial charge is 0.230 e. The van der Waals surface area contributed by atoms with Crippen molar-refractivity contribution >= 4 is 5.91 Å². The van der Waals surface area contributed by atoms with Gasteiger partial charge in [-0.05, 0) is 13.8 Å². The van der Waals surface area contributed by atoms with Crippen LogP contribution in [-0.4, -0.2) is 17.4 Å². The first-order valence-corrected chi connectivity index (χ1v) is 3.23. The highest BCUT2D eigenvalue weighted by atomic mass is 16.2. The van der Waals surface area contributed by atoms with Crippen molar-refractivity contribution in [2.45, 2.75) is 20.3 Å². The van der Waals surface area contributed by atoms with Gasteiger partial charge in [0.1, 0.15) is 0 Å². The zero-order chi connectivity index (χ0) is 6.85. The molecule has 1 aliphatic heterocycles. The highest BCUT2D eigenvalue weighted by molar-refractivity contribution is 5.82. The van der Waals surface area contributed by atoms with Crippen LogP contribution in [0.25, 0.3) is 0 Å². The first-order chi connectivity index (χ1) is 4.25. The van der Waals surface area contributed by atoms with E-state index in [1.54, 1.807) is 4.90 Å². The van der Waals surface area contributed by atoms with Crippen LogP contribution >= 0.6 is 0 Å². The molecule has 0 saturated heterocycles. The lowest BCUT2D eigenvalue weighted by Crippen LogP contribution is -2.23. The number of hydrogen-bond acceptors (Lipinski definition) is 1. The summed E-state index contributed by atoms with van der Waals surface area (Å²) in [5, 5.41) is 0. The van der Waals surface area contributed by atoms with E-state index >= 15 is 0 Å². The third-order valence-electron chi connectivity index (χ3n) is 1.62. The molecular weight excluding hydrogens is 114 g/mol. The molecule has 9 heavy (non-hydrogen) atoms. The maximum atomic E-state index is 10.9. The molecule has 0 aromatic heterocycles. The molecule has 1 rings (SSSR count). The summed E-state index contributed by atoms with van der Waals surface area (Å²) < 4.78 is 0. The van der Waals surface area contributed by atoms with E-state index in [0.717, 1.165) is 12.2 Å². The Morgan fingerprint density at radius 3 is 2.67 bits per heavy atom. The molecule has 2 nitrogen and oxygen atoms in total. The predicted molar refractivity (Wildman–Crippen MR) is 35.8 cm³/mol. The van der Waals surface area contributed by atoms with Crippen LogP contribution in [0.4, 0.5) is 0 Å². The summed E-state index contributed by atoms with van der Waals surface area (Å²) >= 11 is 0. The van der Waals surface area contributed by atoms with Crippen molar-refractivity contribution in [3.05, 3.63) is 11.8 Å². The normalized spacial score (nSPS) is 18.7. The molecule has 0 atom stereocenters. The van der Waals surface area contributed by atoms with Gasteiger partial charge in [0.2, 0.25) is 5.91 Å². The highest BCUT2D eigenvalue weighted by Gasteiger charge is 2.17. The third-order valence-corrected chi connectivity index (χ3v) is 1.62. The molecule has 0 bridgehead atoms. The van der Waals surface area contributed by atoms with Gasteiger partial charge in [0.05, 0.1) is 0 Å². The molecule has 0 aliphatic carbocycles. The average Bonchev–Trinajstić information content (AvgIpc) is 2.12. The second-order valence-corrected chi connectivity index (χ2v) is 2.19. The topological polar surface area (TPSA) is 20.3 Å². The monoisotopic (exact) mass is 125 g/mol. The molecule has 0 spiro atoms. The van der Waals surface area contributed by atoms with E-state index in [0.29, 0.717) is 6.42 Å². The molecule has 1 aliphatic rings. The van der Waals surface area contributed by atoms with Crippen molar-refractivity contribution in [1.82, 2.24) is 4.90 Å². The van der Waals surface area contributed by atoms with Gasteiger partial charge in [-0.2, -0.15) is 0 Å². The molecule has 0 unspecified atom stereocenters. The number of hydrogen-bond donors (Lipinski definition) is 0. The van der Waals surface area contributed by atoms with Gasteiger partial charge in [0.25, 0.3) is 0 Å².